The SMILES string of the molecule is FC(F)OCc1c[c]ccc1. The Bertz CT molecular complexity index is 199. The van der Waals surface area contributed by atoms with Crippen molar-refractivity contribution in [2.75, 3.05) is 0 Å². The van der Waals surface area contributed by atoms with Gasteiger partial charge in [0, 0.05) is 0 Å². The molecule has 0 bridgehead atoms. The van der Waals surface area contributed by atoms with E-state index in [0.717, 1.165) is 0 Å². The van der Waals surface area contributed by atoms with E-state index >= 15 is 0 Å². The summed E-state index contributed by atoms with van der Waals surface area (Å²) in [6, 6.07) is 9.51. The molecule has 0 aliphatic carbocycles. The van der Waals surface area contributed by atoms with Crippen LogP contribution in [0.5, 0.6) is 0 Å². The van der Waals surface area contributed by atoms with E-state index < -0.39 is 6.61 Å². The van der Waals surface area contributed by atoms with E-state index in [1.807, 2.05) is 0 Å². The Kier molecular flexibility index (Phi) is 2.98. The van der Waals surface area contributed by atoms with Crippen LogP contribution in [0.1, 0.15) is 5.56 Å². The lowest BCUT2D eigenvalue weighted by atomic mass is 10.2. The van der Waals surface area contributed by atoms with Crippen molar-refractivity contribution < 1.29 is 13.5 Å². The van der Waals surface area contributed by atoms with Crippen molar-refractivity contribution in [2.45, 2.75) is 13.2 Å². The zero-order valence-corrected chi connectivity index (χ0v) is 5.76. The van der Waals surface area contributed by atoms with Gasteiger partial charge in [-0.15, -0.1) is 0 Å². The first kappa shape index (κ1) is 8.14. The third kappa shape index (κ3) is 3.09. The van der Waals surface area contributed by atoms with Crippen LogP contribution in [0, 0.1) is 6.07 Å². The average Bonchev–Trinajstić information content (AvgIpc) is 2.03. The Morgan fingerprint density at radius 1 is 1.55 bits per heavy atom. The van der Waals surface area contributed by atoms with Crippen LogP contribution in [0.25, 0.3) is 0 Å². The normalized spacial score (nSPS) is 10.5. The minimum absolute atomic E-state index is 0.0605. The molecule has 0 saturated carbocycles. The molecule has 1 nitrogen and oxygen atoms in total. The summed E-state index contributed by atoms with van der Waals surface area (Å²) in [6.07, 6.45) is 0. The number of hydrogen-bond acceptors (Lipinski definition) is 1. The maximum absolute atomic E-state index is 11.5. The second kappa shape index (κ2) is 4.03. The van der Waals surface area contributed by atoms with Gasteiger partial charge in [0.2, 0.25) is 0 Å². The van der Waals surface area contributed by atoms with Crippen LogP contribution in [0.2, 0.25) is 0 Å². The summed E-state index contributed by atoms with van der Waals surface area (Å²) < 4.78 is 27.1. The molecule has 3 heteroatoms. The van der Waals surface area contributed by atoms with Crippen molar-refractivity contribution >= 4 is 0 Å². The molecular weight excluding hydrogens is 150 g/mol. The minimum Gasteiger partial charge on any atom is -0.318 e. The third-order valence-corrected chi connectivity index (χ3v) is 1.15. The summed E-state index contributed by atoms with van der Waals surface area (Å²) >= 11 is 0. The molecule has 0 saturated heterocycles. The van der Waals surface area contributed by atoms with E-state index in [-0.39, 0.29) is 6.61 Å². The van der Waals surface area contributed by atoms with E-state index in [9.17, 15) is 8.78 Å². The largest absolute Gasteiger partial charge is 0.345 e. The van der Waals surface area contributed by atoms with E-state index in [0.29, 0.717) is 5.56 Å². The average molecular weight is 157 g/mol. The molecule has 11 heavy (non-hydrogen) atoms. The van der Waals surface area contributed by atoms with Gasteiger partial charge in [0.15, 0.2) is 0 Å². The zero-order valence-electron chi connectivity index (χ0n) is 5.76. The molecular formula is C8H7F2O. The topological polar surface area (TPSA) is 9.23 Å². The molecule has 0 amide bonds. The predicted molar refractivity (Wildman–Crippen MR) is 36.1 cm³/mol. The molecule has 0 fully saturated rings. The lowest BCUT2D eigenvalue weighted by Crippen LogP contribution is -1.98. The number of benzene rings is 1. The molecule has 0 aliphatic heterocycles. The highest BCUT2D eigenvalue weighted by atomic mass is 19.3. The molecule has 1 aromatic carbocycles. The van der Waals surface area contributed by atoms with E-state index in [2.05, 4.69) is 10.8 Å². The first-order valence-electron chi connectivity index (χ1n) is 3.14. The Morgan fingerprint density at radius 3 is 2.91 bits per heavy atom. The van der Waals surface area contributed by atoms with Crippen molar-refractivity contribution in [3.8, 4) is 0 Å². The second-order valence-electron chi connectivity index (χ2n) is 1.98. The molecule has 1 radical (unpaired) electrons. The van der Waals surface area contributed by atoms with Crippen LogP contribution in [0.4, 0.5) is 8.78 Å². The molecule has 1 rings (SSSR count). The molecule has 0 N–H and O–H groups in total. The highest BCUT2D eigenvalue weighted by molar-refractivity contribution is 5.12. The van der Waals surface area contributed by atoms with Crippen molar-refractivity contribution in [1.82, 2.24) is 0 Å². The van der Waals surface area contributed by atoms with Gasteiger partial charge in [0.1, 0.15) is 0 Å². The zero-order chi connectivity index (χ0) is 8.10. The van der Waals surface area contributed by atoms with Crippen LogP contribution in [-0.2, 0) is 11.3 Å². The Morgan fingerprint density at radius 2 is 2.36 bits per heavy atom. The molecule has 0 aromatic heterocycles. The van der Waals surface area contributed by atoms with Gasteiger partial charge in [-0.1, -0.05) is 18.2 Å². The molecule has 0 atom stereocenters. The number of alkyl halides is 2. The van der Waals surface area contributed by atoms with Gasteiger partial charge in [0.25, 0.3) is 0 Å². The molecule has 0 heterocycles. The van der Waals surface area contributed by atoms with Gasteiger partial charge < -0.3 is 4.74 Å². The van der Waals surface area contributed by atoms with Crippen molar-refractivity contribution in [3.63, 3.8) is 0 Å². The summed E-state index contributed by atoms with van der Waals surface area (Å²) in [5.41, 5.74) is 0.702. The fourth-order valence-electron chi connectivity index (χ4n) is 0.680. The molecule has 1 aromatic rings. The highest BCUT2D eigenvalue weighted by Gasteiger charge is 2.00. The fourth-order valence-corrected chi connectivity index (χ4v) is 0.680. The van der Waals surface area contributed by atoms with Gasteiger partial charge in [-0.05, 0) is 17.7 Å². The summed E-state index contributed by atoms with van der Waals surface area (Å²) in [6.45, 7) is -2.76. The summed E-state index contributed by atoms with van der Waals surface area (Å²) in [7, 11) is 0. The minimum atomic E-state index is -2.70. The van der Waals surface area contributed by atoms with Crippen LogP contribution in [-0.4, -0.2) is 6.61 Å². The van der Waals surface area contributed by atoms with Crippen LogP contribution >= 0.6 is 0 Å². The van der Waals surface area contributed by atoms with Gasteiger partial charge in [-0.2, -0.15) is 8.78 Å². The van der Waals surface area contributed by atoms with Gasteiger partial charge in [-0.3, -0.25) is 0 Å². The lowest BCUT2D eigenvalue weighted by Gasteiger charge is -2.00. The quantitative estimate of drug-likeness (QED) is 0.653. The smallest absolute Gasteiger partial charge is 0.318 e. The highest BCUT2D eigenvalue weighted by Crippen LogP contribution is 2.03. The Labute approximate surface area is 63.6 Å². The van der Waals surface area contributed by atoms with Crippen LogP contribution in [0.15, 0.2) is 24.3 Å². The summed E-state index contributed by atoms with van der Waals surface area (Å²) in [5.74, 6) is 0. The summed E-state index contributed by atoms with van der Waals surface area (Å²) in [4.78, 5) is 0. The molecule has 0 aliphatic rings. The Balaban J connectivity index is 2.39. The van der Waals surface area contributed by atoms with Crippen molar-refractivity contribution in [3.05, 3.63) is 35.9 Å². The monoisotopic (exact) mass is 157 g/mol. The molecule has 0 unspecified atom stereocenters. The van der Waals surface area contributed by atoms with Gasteiger partial charge >= 0.3 is 6.61 Å². The fraction of sp³-hybridized carbons (Fsp3) is 0.250. The number of rotatable bonds is 3. The number of halogens is 2. The summed E-state index contributed by atoms with van der Waals surface area (Å²) in [5, 5.41) is 0. The molecule has 59 valence electrons. The standard InChI is InChI=1S/C8H7F2O/c9-8(10)11-6-7-4-2-1-3-5-7/h1-2,4-5,8H,6H2. The number of ether oxygens (including phenoxy) is 1. The van der Waals surface area contributed by atoms with Crippen molar-refractivity contribution in [1.29, 1.82) is 0 Å². The predicted octanol–water partition coefficient (Wildman–Crippen LogP) is 2.23. The first-order chi connectivity index (χ1) is 5.29. The van der Waals surface area contributed by atoms with Crippen molar-refractivity contribution in [2.24, 2.45) is 0 Å². The number of hydrogen-bond donors (Lipinski definition) is 0. The Hall–Kier alpha value is -0.960. The second-order valence-corrected chi connectivity index (χ2v) is 1.98. The maximum Gasteiger partial charge on any atom is 0.345 e. The van der Waals surface area contributed by atoms with Gasteiger partial charge in [-0.25, -0.2) is 0 Å². The first-order valence-corrected chi connectivity index (χ1v) is 3.14. The maximum atomic E-state index is 11.5. The van der Waals surface area contributed by atoms with E-state index in [1.54, 1.807) is 24.3 Å². The van der Waals surface area contributed by atoms with E-state index in [4.69, 9.17) is 0 Å². The van der Waals surface area contributed by atoms with Gasteiger partial charge in [0.05, 0.1) is 6.61 Å². The molecule has 0 spiro atoms. The third-order valence-electron chi connectivity index (χ3n) is 1.15. The lowest BCUT2D eigenvalue weighted by molar-refractivity contribution is -0.137. The van der Waals surface area contributed by atoms with Crippen LogP contribution < -0.4 is 0 Å². The van der Waals surface area contributed by atoms with E-state index in [1.165, 1.54) is 0 Å². The van der Waals surface area contributed by atoms with Crippen LogP contribution in [0.3, 0.4) is 0 Å².